The molecule has 0 amide bonds. The van der Waals surface area contributed by atoms with Crippen LogP contribution in [0.3, 0.4) is 0 Å². The number of phosphoric ester groups is 2. The first-order valence-electron chi connectivity index (χ1n) is 37.5. The van der Waals surface area contributed by atoms with Gasteiger partial charge in [-0.15, -0.1) is 0 Å². The van der Waals surface area contributed by atoms with Gasteiger partial charge in [0.15, 0.2) is 6.10 Å². The largest absolute Gasteiger partial charge is 0.472 e. The molecule has 0 bridgehead atoms. The van der Waals surface area contributed by atoms with Gasteiger partial charge >= 0.3 is 33.6 Å². The van der Waals surface area contributed by atoms with Crippen molar-refractivity contribution in [2.45, 2.75) is 334 Å². The predicted molar refractivity (Wildman–Crippen MR) is 390 cm³/mol. The maximum Gasteiger partial charge on any atom is 0.472 e. The average Bonchev–Trinajstić information content (AvgIpc) is 1.83. The molecule has 550 valence electrons. The van der Waals surface area contributed by atoms with E-state index in [4.69, 9.17) is 32.3 Å². The van der Waals surface area contributed by atoms with Crippen molar-refractivity contribution in [3.05, 3.63) is 97.2 Å². The molecule has 0 rings (SSSR count). The molecule has 18 heteroatoms. The monoisotopic (exact) mass is 1380 g/mol. The highest BCUT2D eigenvalue weighted by Crippen LogP contribution is 2.45. The van der Waals surface area contributed by atoms with E-state index in [-0.39, 0.29) is 19.3 Å². The van der Waals surface area contributed by atoms with Crippen LogP contribution in [-0.2, 0) is 55.8 Å². The van der Waals surface area contributed by atoms with Gasteiger partial charge in [-0.25, -0.2) is 9.13 Å². The summed E-state index contributed by atoms with van der Waals surface area (Å²) in [6.45, 7) is 2.58. The van der Waals surface area contributed by atoms with Crippen LogP contribution in [0.5, 0.6) is 0 Å². The lowest BCUT2D eigenvalue weighted by molar-refractivity contribution is -0.161. The fraction of sp³-hybridized carbons (Fsp3) is 0.753. The van der Waals surface area contributed by atoms with E-state index in [1.165, 1.54) is 122 Å². The zero-order valence-electron chi connectivity index (χ0n) is 59.8. The van der Waals surface area contributed by atoms with Crippen molar-refractivity contribution in [3.63, 3.8) is 0 Å². The lowest BCUT2D eigenvalue weighted by atomic mass is 10.0. The van der Waals surface area contributed by atoms with E-state index in [0.717, 1.165) is 135 Å². The first kappa shape index (κ1) is 91.5. The van der Waals surface area contributed by atoms with Gasteiger partial charge in [-0.2, -0.15) is 0 Å². The van der Waals surface area contributed by atoms with Gasteiger partial charge in [-0.3, -0.25) is 32.5 Å². The Balaban J connectivity index is 4.48. The van der Waals surface area contributed by atoms with Gasteiger partial charge in [0, 0.05) is 19.3 Å². The van der Waals surface area contributed by atoms with E-state index in [0.29, 0.717) is 19.3 Å². The number of rotatable bonds is 71. The van der Waals surface area contributed by atoms with E-state index >= 15 is 0 Å². The number of carbonyl (C=O) groups is 3. The zero-order valence-corrected chi connectivity index (χ0v) is 61.6. The van der Waals surface area contributed by atoms with Crippen molar-refractivity contribution in [2.24, 2.45) is 0 Å². The normalized spacial score (nSPS) is 14.6. The van der Waals surface area contributed by atoms with Gasteiger partial charge in [0.1, 0.15) is 25.4 Å². The number of ether oxygens (including phenoxy) is 3. The van der Waals surface area contributed by atoms with Gasteiger partial charge in [0.2, 0.25) is 0 Å². The van der Waals surface area contributed by atoms with Crippen molar-refractivity contribution < 1.29 is 75.8 Å². The number of hydrogen-bond acceptors (Lipinski definition) is 14. The minimum Gasteiger partial charge on any atom is -0.463 e. The summed E-state index contributed by atoms with van der Waals surface area (Å²) in [5, 5.41) is 20.6. The molecule has 95 heavy (non-hydrogen) atoms. The summed E-state index contributed by atoms with van der Waals surface area (Å²) in [4.78, 5) is 58.5. The molecule has 0 fully saturated rings. The molecule has 0 aromatic rings. The second kappa shape index (κ2) is 70.3. The van der Waals surface area contributed by atoms with Crippen molar-refractivity contribution in [1.29, 1.82) is 0 Å². The molecule has 0 aliphatic carbocycles. The van der Waals surface area contributed by atoms with Crippen LogP contribution in [-0.4, -0.2) is 95.9 Å². The number of aliphatic hydroxyl groups is 2. The maximum atomic E-state index is 12.9. The summed E-state index contributed by atoms with van der Waals surface area (Å²) >= 11 is 0. The van der Waals surface area contributed by atoms with Crippen LogP contribution >= 0.6 is 15.6 Å². The molecule has 16 nitrogen and oxygen atoms in total. The number of hydrogen-bond donors (Lipinski definition) is 4. The van der Waals surface area contributed by atoms with Gasteiger partial charge in [-0.1, -0.05) is 266 Å². The summed E-state index contributed by atoms with van der Waals surface area (Å²) in [5.41, 5.74) is 0. The third-order valence-electron chi connectivity index (χ3n) is 15.8. The van der Waals surface area contributed by atoms with Gasteiger partial charge < -0.3 is 34.2 Å². The summed E-state index contributed by atoms with van der Waals surface area (Å²) in [6, 6.07) is 0. The molecule has 0 aromatic heterocycles. The predicted octanol–water partition coefficient (Wildman–Crippen LogP) is 21.4. The van der Waals surface area contributed by atoms with Crippen molar-refractivity contribution in [2.75, 3.05) is 39.6 Å². The lowest BCUT2D eigenvalue weighted by Gasteiger charge is -2.21. The Morgan fingerprint density at radius 3 is 0.832 bits per heavy atom. The zero-order chi connectivity index (χ0) is 69.5. The molecule has 0 aliphatic heterocycles. The molecule has 0 radical (unpaired) electrons. The van der Waals surface area contributed by atoms with E-state index in [2.05, 4.69) is 118 Å². The second-order valence-electron chi connectivity index (χ2n) is 25.1. The molecule has 5 unspecified atom stereocenters. The maximum absolute atomic E-state index is 12.9. The molecule has 0 aromatic carbocycles. The van der Waals surface area contributed by atoms with E-state index in [1.54, 1.807) is 0 Å². The highest BCUT2D eigenvalue weighted by atomic mass is 31.2. The number of unbranched alkanes of at least 4 members (excludes halogenated alkanes) is 32. The SMILES string of the molecule is CCCCC/C=C\C/C=C\C/C=C\C/C=C\CCCCCCCCCCCCCCCC(=O)OCC(O)COP(=O)(O)OCC(O)COP(=O)(O)OCC(COC(=O)CCCCCCC/C=C\C/C=C\CCCCC)OC(=O)CCCCCCC/C=C\C/C=C\CCCCC. The van der Waals surface area contributed by atoms with Crippen LogP contribution in [0.1, 0.15) is 316 Å². The first-order valence-corrected chi connectivity index (χ1v) is 40.5. The number of esters is 3. The Kier molecular flexibility index (Phi) is 67.7. The molecular formula is C77H136O16P2. The van der Waals surface area contributed by atoms with Crippen LogP contribution in [0.2, 0.25) is 0 Å². The fourth-order valence-electron chi connectivity index (χ4n) is 9.97. The topological polar surface area (TPSA) is 231 Å². The van der Waals surface area contributed by atoms with Crippen molar-refractivity contribution >= 4 is 33.6 Å². The minimum absolute atomic E-state index is 0.0858. The molecule has 0 aliphatic rings. The number of aliphatic hydroxyl groups excluding tert-OH is 2. The minimum atomic E-state index is -4.93. The summed E-state index contributed by atoms with van der Waals surface area (Å²) < 4.78 is 61.0. The molecule has 0 saturated carbocycles. The van der Waals surface area contributed by atoms with Gasteiger partial charge in [-0.05, 0) is 128 Å². The highest BCUT2D eigenvalue weighted by molar-refractivity contribution is 7.47. The number of phosphoric acid groups is 2. The van der Waals surface area contributed by atoms with Crippen LogP contribution < -0.4 is 0 Å². The standard InChI is InChI=1S/C77H136O16P2/c1-4-7-10-13-16-19-22-25-28-29-30-31-32-33-34-35-36-37-38-39-40-41-44-46-48-51-54-57-60-63-75(80)87-66-72(78)67-89-94(83,84)90-68-73(79)69-91-95(85,86)92-71-74(93-77(82)65-62-59-56-53-50-47-43-27-24-21-18-15-12-9-6-3)70-88-76(81)64-61-58-55-52-49-45-42-26-23-20-17-14-11-8-5-2/h16-21,25-28,30-31,33-34,42-43,72-74,78-79H,4-15,22-24,29,32,35-41,44-71H2,1-3H3,(H,83,84)(H,85,86)/b19-16-,20-17-,21-18-,28-25-,31-30-,34-33-,42-26-,43-27-. The molecule has 0 spiro atoms. The Labute approximate surface area is 578 Å². The van der Waals surface area contributed by atoms with E-state index in [9.17, 15) is 43.5 Å². The Morgan fingerprint density at radius 2 is 0.526 bits per heavy atom. The molecule has 0 heterocycles. The molecule has 4 N–H and O–H groups in total. The summed E-state index contributed by atoms with van der Waals surface area (Å²) in [6.07, 6.45) is 78.9. The summed E-state index contributed by atoms with van der Waals surface area (Å²) in [7, 11) is -9.78. The van der Waals surface area contributed by atoms with Crippen LogP contribution in [0.15, 0.2) is 97.2 Å². The quantitative estimate of drug-likeness (QED) is 0.0146. The van der Waals surface area contributed by atoms with E-state index < -0.39 is 91.5 Å². The van der Waals surface area contributed by atoms with Gasteiger partial charge in [0.05, 0.1) is 26.4 Å². The third-order valence-corrected chi connectivity index (χ3v) is 17.7. The third kappa shape index (κ3) is 71.6. The molecule has 0 saturated heterocycles. The van der Waals surface area contributed by atoms with Crippen molar-refractivity contribution in [3.8, 4) is 0 Å². The average molecular weight is 1380 g/mol. The smallest absolute Gasteiger partial charge is 0.463 e. The Morgan fingerprint density at radius 1 is 0.295 bits per heavy atom. The van der Waals surface area contributed by atoms with Gasteiger partial charge in [0.25, 0.3) is 0 Å². The fourth-order valence-corrected chi connectivity index (χ4v) is 11.6. The second-order valence-corrected chi connectivity index (χ2v) is 28.0. The van der Waals surface area contributed by atoms with Crippen LogP contribution in [0.4, 0.5) is 0 Å². The highest BCUT2D eigenvalue weighted by Gasteiger charge is 2.29. The van der Waals surface area contributed by atoms with Crippen LogP contribution in [0.25, 0.3) is 0 Å². The molecule has 5 atom stereocenters. The Hall–Kier alpha value is -3.53. The van der Waals surface area contributed by atoms with Crippen LogP contribution in [0, 0.1) is 0 Å². The number of carbonyl (C=O) groups excluding carboxylic acids is 3. The van der Waals surface area contributed by atoms with E-state index in [1.807, 2.05) is 0 Å². The van der Waals surface area contributed by atoms with Crippen molar-refractivity contribution in [1.82, 2.24) is 0 Å². The molecular weight excluding hydrogens is 1240 g/mol. The first-order chi connectivity index (χ1) is 46.2. The lowest BCUT2D eigenvalue weighted by Crippen LogP contribution is -2.30. The Bertz CT molecular complexity index is 2120. The number of allylic oxidation sites excluding steroid dienone is 16. The summed E-state index contributed by atoms with van der Waals surface area (Å²) in [5.74, 6) is -1.60.